The van der Waals surface area contributed by atoms with E-state index in [4.69, 9.17) is 0 Å². The van der Waals surface area contributed by atoms with Crippen LogP contribution in [0.4, 0.5) is 11.5 Å². The van der Waals surface area contributed by atoms with Gasteiger partial charge >= 0.3 is 0 Å². The summed E-state index contributed by atoms with van der Waals surface area (Å²) < 4.78 is 1.82. The Morgan fingerprint density at radius 3 is 2.68 bits per heavy atom. The van der Waals surface area contributed by atoms with Crippen molar-refractivity contribution in [2.45, 2.75) is 27.2 Å². The number of aryl methyl sites for hydroxylation is 3. The third-order valence-corrected chi connectivity index (χ3v) is 3.49. The Hall–Kier alpha value is -2.69. The Bertz CT molecular complexity index is 791. The molecule has 0 unspecified atom stereocenters. The molecule has 0 fully saturated rings. The smallest absolute Gasteiger partial charge is 0.159 e. The summed E-state index contributed by atoms with van der Waals surface area (Å²) in [5.74, 6) is 1.51. The molecule has 112 valence electrons. The molecule has 2 heterocycles. The van der Waals surface area contributed by atoms with E-state index in [1.54, 1.807) is 6.33 Å². The molecule has 0 aliphatic rings. The van der Waals surface area contributed by atoms with Crippen LogP contribution in [-0.2, 0) is 6.42 Å². The number of hydrogen-bond acceptors (Lipinski definition) is 4. The topological polar surface area (TPSA) is 55.6 Å². The van der Waals surface area contributed by atoms with Crippen molar-refractivity contribution < 1.29 is 0 Å². The van der Waals surface area contributed by atoms with Crippen LogP contribution in [0.5, 0.6) is 0 Å². The molecule has 0 atom stereocenters. The molecule has 3 rings (SSSR count). The van der Waals surface area contributed by atoms with Gasteiger partial charge < -0.3 is 5.32 Å². The van der Waals surface area contributed by atoms with Crippen molar-refractivity contribution in [2.24, 2.45) is 0 Å². The van der Waals surface area contributed by atoms with E-state index in [1.165, 1.54) is 5.56 Å². The number of nitrogens with one attached hydrogen (secondary N) is 1. The molecule has 5 nitrogen and oxygen atoms in total. The summed E-state index contributed by atoms with van der Waals surface area (Å²) >= 11 is 0. The van der Waals surface area contributed by atoms with Crippen LogP contribution in [0, 0.1) is 13.8 Å². The quantitative estimate of drug-likeness (QED) is 0.798. The standard InChI is InChI=1S/C17H19N5/c1-4-14-6-5-7-15(9-14)20-16-10-17(19-11-18-16)22-13(3)8-12(2)21-22/h5-11H,4H2,1-3H3,(H,18,19,20). The molecular weight excluding hydrogens is 274 g/mol. The highest BCUT2D eigenvalue weighted by molar-refractivity contribution is 5.58. The molecular formula is C17H19N5. The fraction of sp³-hybridized carbons (Fsp3) is 0.235. The summed E-state index contributed by atoms with van der Waals surface area (Å²) in [6.45, 7) is 6.13. The Balaban J connectivity index is 1.89. The van der Waals surface area contributed by atoms with Gasteiger partial charge in [-0.1, -0.05) is 19.1 Å². The second-order valence-corrected chi connectivity index (χ2v) is 5.28. The van der Waals surface area contributed by atoms with E-state index < -0.39 is 0 Å². The van der Waals surface area contributed by atoms with Gasteiger partial charge in [-0.3, -0.25) is 0 Å². The number of hydrogen-bond donors (Lipinski definition) is 1. The van der Waals surface area contributed by atoms with Crippen molar-refractivity contribution in [3.8, 4) is 5.82 Å². The van der Waals surface area contributed by atoms with Gasteiger partial charge in [0.2, 0.25) is 0 Å². The zero-order chi connectivity index (χ0) is 15.5. The zero-order valence-electron chi connectivity index (χ0n) is 13.0. The maximum absolute atomic E-state index is 4.45. The summed E-state index contributed by atoms with van der Waals surface area (Å²) in [6, 6.07) is 12.3. The molecule has 22 heavy (non-hydrogen) atoms. The van der Waals surface area contributed by atoms with Gasteiger partial charge in [0, 0.05) is 17.4 Å². The number of benzene rings is 1. The van der Waals surface area contributed by atoms with Gasteiger partial charge in [0.25, 0.3) is 0 Å². The molecule has 1 N–H and O–H groups in total. The first-order valence-electron chi connectivity index (χ1n) is 7.37. The van der Waals surface area contributed by atoms with E-state index in [0.717, 1.165) is 35.1 Å². The molecule has 0 spiro atoms. The third kappa shape index (κ3) is 2.98. The highest BCUT2D eigenvalue weighted by Crippen LogP contribution is 2.18. The van der Waals surface area contributed by atoms with E-state index in [9.17, 15) is 0 Å². The Morgan fingerprint density at radius 2 is 1.95 bits per heavy atom. The van der Waals surface area contributed by atoms with Crippen molar-refractivity contribution in [3.63, 3.8) is 0 Å². The van der Waals surface area contributed by atoms with Crippen LogP contribution in [0.15, 0.2) is 42.7 Å². The highest BCUT2D eigenvalue weighted by atomic mass is 15.3. The Labute approximate surface area is 130 Å². The number of aromatic nitrogens is 4. The van der Waals surface area contributed by atoms with Crippen molar-refractivity contribution in [2.75, 3.05) is 5.32 Å². The molecule has 0 aliphatic heterocycles. The van der Waals surface area contributed by atoms with Crippen molar-refractivity contribution in [1.29, 1.82) is 0 Å². The second kappa shape index (κ2) is 5.97. The zero-order valence-corrected chi connectivity index (χ0v) is 13.0. The largest absolute Gasteiger partial charge is 0.340 e. The van der Waals surface area contributed by atoms with Gasteiger partial charge in [-0.2, -0.15) is 5.10 Å². The van der Waals surface area contributed by atoms with Crippen molar-refractivity contribution in [1.82, 2.24) is 19.7 Å². The van der Waals surface area contributed by atoms with E-state index in [2.05, 4.69) is 39.4 Å². The van der Waals surface area contributed by atoms with E-state index in [0.29, 0.717) is 0 Å². The predicted molar refractivity (Wildman–Crippen MR) is 87.7 cm³/mol. The minimum atomic E-state index is 0.755. The molecule has 0 aliphatic carbocycles. The van der Waals surface area contributed by atoms with Gasteiger partial charge in [-0.25, -0.2) is 14.6 Å². The summed E-state index contributed by atoms with van der Waals surface area (Å²) in [4.78, 5) is 8.60. The SMILES string of the molecule is CCc1cccc(Nc2cc(-n3nc(C)cc3C)ncn2)c1. The molecule has 5 heteroatoms. The lowest BCUT2D eigenvalue weighted by Crippen LogP contribution is -2.04. The van der Waals surface area contributed by atoms with Crippen molar-refractivity contribution >= 4 is 11.5 Å². The van der Waals surface area contributed by atoms with E-state index in [-0.39, 0.29) is 0 Å². The molecule has 0 saturated carbocycles. The minimum absolute atomic E-state index is 0.755. The average molecular weight is 293 g/mol. The number of nitrogens with zero attached hydrogens (tertiary/aromatic N) is 4. The maximum atomic E-state index is 4.45. The normalized spacial score (nSPS) is 10.7. The van der Waals surface area contributed by atoms with E-state index >= 15 is 0 Å². The number of anilines is 2. The molecule has 3 aromatic rings. The van der Waals surface area contributed by atoms with Gasteiger partial charge in [0.15, 0.2) is 5.82 Å². The monoisotopic (exact) mass is 293 g/mol. The molecule has 0 radical (unpaired) electrons. The van der Waals surface area contributed by atoms with Crippen LogP contribution in [0.2, 0.25) is 0 Å². The first-order chi connectivity index (χ1) is 10.7. The van der Waals surface area contributed by atoms with Crippen LogP contribution in [0.3, 0.4) is 0 Å². The predicted octanol–water partition coefficient (Wildman–Crippen LogP) is 3.59. The lowest BCUT2D eigenvalue weighted by molar-refractivity contribution is 0.801. The van der Waals surface area contributed by atoms with Crippen LogP contribution < -0.4 is 5.32 Å². The van der Waals surface area contributed by atoms with Crippen LogP contribution >= 0.6 is 0 Å². The first-order valence-corrected chi connectivity index (χ1v) is 7.37. The second-order valence-electron chi connectivity index (χ2n) is 5.28. The van der Waals surface area contributed by atoms with Crippen LogP contribution in [-0.4, -0.2) is 19.7 Å². The van der Waals surface area contributed by atoms with Gasteiger partial charge in [-0.05, 0) is 44.0 Å². The number of rotatable bonds is 4. The Kier molecular flexibility index (Phi) is 3.87. The molecule has 2 aromatic heterocycles. The first kappa shape index (κ1) is 14.3. The summed E-state index contributed by atoms with van der Waals surface area (Å²) in [5.41, 5.74) is 4.34. The van der Waals surface area contributed by atoms with Crippen LogP contribution in [0.1, 0.15) is 23.9 Å². The fourth-order valence-corrected chi connectivity index (χ4v) is 2.41. The summed E-state index contributed by atoms with van der Waals surface area (Å²) in [5, 5.41) is 7.78. The summed E-state index contributed by atoms with van der Waals surface area (Å²) in [7, 11) is 0. The summed E-state index contributed by atoms with van der Waals surface area (Å²) in [6.07, 6.45) is 2.56. The average Bonchev–Trinajstić information content (AvgIpc) is 2.86. The molecule has 0 saturated heterocycles. The Morgan fingerprint density at radius 1 is 1.09 bits per heavy atom. The van der Waals surface area contributed by atoms with Gasteiger partial charge in [0.05, 0.1) is 5.69 Å². The van der Waals surface area contributed by atoms with Crippen molar-refractivity contribution in [3.05, 3.63) is 59.7 Å². The van der Waals surface area contributed by atoms with Crippen LogP contribution in [0.25, 0.3) is 5.82 Å². The molecule has 1 aromatic carbocycles. The van der Waals surface area contributed by atoms with Gasteiger partial charge in [0.1, 0.15) is 12.1 Å². The van der Waals surface area contributed by atoms with E-state index in [1.807, 2.05) is 42.8 Å². The highest BCUT2D eigenvalue weighted by Gasteiger charge is 2.06. The minimum Gasteiger partial charge on any atom is -0.340 e. The maximum Gasteiger partial charge on any atom is 0.159 e. The lowest BCUT2D eigenvalue weighted by atomic mass is 10.1. The lowest BCUT2D eigenvalue weighted by Gasteiger charge is -2.09. The molecule has 0 bridgehead atoms. The third-order valence-electron chi connectivity index (χ3n) is 3.49. The molecule has 0 amide bonds. The van der Waals surface area contributed by atoms with Gasteiger partial charge in [-0.15, -0.1) is 0 Å². The fourth-order valence-electron chi connectivity index (χ4n) is 2.41.